The predicted octanol–water partition coefficient (Wildman–Crippen LogP) is 6.73. The van der Waals surface area contributed by atoms with E-state index in [-0.39, 0.29) is 17.8 Å². The van der Waals surface area contributed by atoms with E-state index in [0.717, 1.165) is 5.82 Å². The Kier molecular flexibility index (Phi) is 11.3. The van der Waals surface area contributed by atoms with Crippen LogP contribution in [0.5, 0.6) is 5.75 Å². The van der Waals surface area contributed by atoms with Crippen LogP contribution in [0, 0.1) is 0 Å². The molecule has 1 aromatic heterocycles. The lowest BCUT2D eigenvalue weighted by Gasteiger charge is -2.11. The second kappa shape index (κ2) is 14.4. The van der Waals surface area contributed by atoms with E-state index < -0.39 is 5.97 Å². The van der Waals surface area contributed by atoms with Gasteiger partial charge < -0.3 is 19.4 Å². The Morgan fingerprint density at radius 2 is 1.92 bits per heavy atom. The van der Waals surface area contributed by atoms with Gasteiger partial charge in [-0.2, -0.15) is 0 Å². The van der Waals surface area contributed by atoms with Gasteiger partial charge in [0.1, 0.15) is 11.6 Å². The van der Waals surface area contributed by atoms with Gasteiger partial charge in [-0.3, -0.25) is 4.79 Å². The first-order valence-electron chi connectivity index (χ1n) is 11.7. The van der Waals surface area contributed by atoms with Gasteiger partial charge in [-0.25, -0.2) is 4.79 Å². The number of carbonyl (C=O) groups is 2. The predicted molar refractivity (Wildman–Crippen MR) is 152 cm³/mol. The van der Waals surface area contributed by atoms with E-state index in [1.54, 1.807) is 50.3 Å². The molecule has 38 heavy (non-hydrogen) atoms. The molecule has 0 bridgehead atoms. The smallest absolute Gasteiger partial charge is 0.338 e. The summed E-state index contributed by atoms with van der Waals surface area (Å²) in [7, 11) is 0. The van der Waals surface area contributed by atoms with Crippen molar-refractivity contribution in [1.82, 2.24) is 14.8 Å². The summed E-state index contributed by atoms with van der Waals surface area (Å²) in [6.07, 6.45) is 2.75. The Morgan fingerprint density at radius 1 is 1.13 bits per heavy atom. The van der Waals surface area contributed by atoms with Crippen molar-refractivity contribution in [1.29, 1.82) is 0 Å². The molecular weight excluding hydrogens is 571 g/mol. The number of nitrogens with zero attached hydrogens (tertiary/aromatic N) is 3. The fourth-order valence-corrected chi connectivity index (χ4v) is 4.67. The zero-order valence-corrected chi connectivity index (χ0v) is 24.0. The van der Waals surface area contributed by atoms with Gasteiger partial charge in [0, 0.05) is 18.0 Å². The van der Waals surface area contributed by atoms with Gasteiger partial charge >= 0.3 is 5.97 Å². The Hall–Kier alpha value is -2.72. The summed E-state index contributed by atoms with van der Waals surface area (Å²) >= 11 is 19.5. The number of anilines is 1. The van der Waals surface area contributed by atoms with E-state index in [1.807, 2.05) is 4.57 Å². The van der Waals surface area contributed by atoms with Crippen molar-refractivity contribution in [2.75, 3.05) is 17.7 Å². The zero-order chi connectivity index (χ0) is 27.7. The van der Waals surface area contributed by atoms with Crippen molar-refractivity contribution in [2.45, 2.75) is 44.5 Å². The average molecular weight is 598 g/mol. The fraction of sp³-hybridized carbons (Fsp3) is 0.308. The number of amides is 1. The second-order valence-electron chi connectivity index (χ2n) is 8.31. The summed E-state index contributed by atoms with van der Waals surface area (Å²) in [5.41, 5.74) is 0.619. The maximum atomic E-state index is 12.6. The molecule has 0 unspecified atom stereocenters. The molecule has 0 fully saturated rings. The molecule has 1 amide bonds. The minimum Gasteiger partial charge on any atom is -0.492 e. The van der Waals surface area contributed by atoms with Crippen LogP contribution >= 0.6 is 46.6 Å². The van der Waals surface area contributed by atoms with Crippen LogP contribution in [-0.4, -0.2) is 45.1 Å². The van der Waals surface area contributed by atoms with Gasteiger partial charge in [0.2, 0.25) is 5.91 Å². The van der Waals surface area contributed by atoms with Gasteiger partial charge in [0.25, 0.3) is 0 Å². The van der Waals surface area contributed by atoms with Crippen LogP contribution in [-0.2, 0) is 22.5 Å². The number of ether oxygens (including phenoxy) is 2. The zero-order valence-electron chi connectivity index (χ0n) is 20.9. The van der Waals surface area contributed by atoms with E-state index in [2.05, 4.69) is 22.1 Å². The Labute approximate surface area is 240 Å². The summed E-state index contributed by atoms with van der Waals surface area (Å²) in [5.74, 6) is 0.568. The lowest BCUT2D eigenvalue weighted by molar-refractivity contribution is -0.113. The quantitative estimate of drug-likeness (QED) is 0.101. The van der Waals surface area contributed by atoms with Gasteiger partial charge in [0.15, 0.2) is 5.16 Å². The molecule has 202 valence electrons. The fourth-order valence-electron chi connectivity index (χ4n) is 3.27. The third-order valence-electron chi connectivity index (χ3n) is 4.95. The summed E-state index contributed by atoms with van der Waals surface area (Å²) in [5, 5.41) is 13.1. The topological polar surface area (TPSA) is 95.3 Å². The Morgan fingerprint density at radius 3 is 2.63 bits per heavy atom. The highest BCUT2D eigenvalue weighted by Gasteiger charge is 2.16. The maximum absolute atomic E-state index is 12.6. The number of hydrogen-bond acceptors (Lipinski definition) is 7. The number of allylic oxidation sites excluding steroid dienone is 1. The van der Waals surface area contributed by atoms with Crippen molar-refractivity contribution < 1.29 is 19.1 Å². The molecule has 2 aromatic carbocycles. The third-order valence-corrected chi connectivity index (χ3v) is 6.78. The molecule has 0 saturated carbocycles. The molecule has 0 atom stereocenters. The Bertz CT molecular complexity index is 1300. The number of thioether (sulfide) groups is 1. The number of rotatable bonds is 13. The normalized spacial score (nSPS) is 10.9. The first-order valence-corrected chi connectivity index (χ1v) is 13.8. The van der Waals surface area contributed by atoms with Crippen LogP contribution in [0.1, 0.15) is 36.5 Å². The van der Waals surface area contributed by atoms with Crippen molar-refractivity contribution in [3.63, 3.8) is 0 Å². The standard InChI is InChI=1S/C26H27Cl3N4O4S/c1-4-11-33-23(6-5-12-36-22-10-8-18(27)14-20(22)29)31-32-26(33)38-15-24(34)30-21-13-17(7-9-19(21)28)25(35)37-16(2)3/h4,7-10,13-14,16H,1,5-6,11-12,15H2,2-3H3,(H,30,34). The van der Waals surface area contributed by atoms with Gasteiger partial charge in [-0.1, -0.05) is 52.6 Å². The van der Waals surface area contributed by atoms with Crippen molar-refractivity contribution in [3.8, 4) is 5.75 Å². The van der Waals surface area contributed by atoms with Crippen LogP contribution in [0.2, 0.25) is 15.1 Å². The number of aromatic nitrogens is 3. The van der Waals surface area contributed by atoms with E-state index in [4.69, 9.17) is 44.3 Å². The molecule has 0 radical (unpaired) electrons. The molecule has 0 aliphatic carbocycles. The highest BCUT2D eigenvalue weighted by molar-refractivity contribution is 7.99. The van der Waals surface area contributed by atoms with Crippen molar-refractivity contribution >= 4 is 64.1 Å². The first kappa shape index (κ1) is 29.8. The van der Waals surface area contributed by atoms with Crippen LogP contribution in [0.3, 0.4) is 0 Å². The molecule has 0 aliphatic heterocycles. The van der Waals surface area contributed by atoms with Crippen molar-refractivity contribution in [3.05, 3.63) is 75.5 Å². The molecule has 0 saturated heterocycles. The monoisotopic (exact) mass is 596 g/mol. The summed E-state index contributed by atoms with van der Waals surface area (Å²) in [6.45, 7) is 8.24. The molecule has 12 heteroatoms. The Balaban J connectivity index is 1.56. The maximum Gasteiger partial charge on any atom is 0.338 e. The number of halogens is 3. The first-order chi connectivity index (χ1) is 18.2. The SMILES string of the molecule is C=CCn1c(CCCOc2ccc(Cl)cc2Cl)nnc1SCC(=O)Nc1cc(C(=O)OC(C)C)ccc1Cl. The number of esters is 1. The summed E-state index contributed by atoms with van der Waals surface area (Å²) in [6, 6.07) is 9.65. The summed E-state index contributed by atoms with van der Waals surface area (Å²) < 4.78 is 12.8. The minimum absolute atomic E-state index is 0.0600. The number of hydrogen-bond donors (Lipinski definition) is 1. The summed E-state index contributed by atoms with van der Waals surface area (Å²) in [4.78, 5) is 24.8. The minimum atomic E-state index is -0.492. The molecule has 8 nitrogen and oxygen atoms in total. The highest BCUT2D eigenvalue weighted by Crippen LogP contribution is 2.28. The molecule has 1 N–H and O–H groups in total. The van der Waals surface area contributed by atoms with Gasteiger partial charge in [-0.15, -0.1) is 16.8 Å². The van der Waals surface area contributed by atoms with E-state index in [9.17, 15) is 9.59 Å². The van der Waals surface area contributed by atoms with Crippen LogP contribution in [0.25, 0.3) is 0 Å². The van der Waals surface area contributed by atoms with Gasteiger partial charge in [-0.05, 0) is 56.7 Å². The molecule has 1 heterocycles. The van der Waals surface area contributed by atoms with Crippen molar-refractivity contribution in [2.24, 2.45) is 0 Å². The molecule has 0 spiro atoms. The lowest BCUT2D eigenvalue weighted by Crippen LogP contribution is -2.16. The average Bonchev–Trinajstić information content (AvgIpc) is 3.24. The number of aryl methyl sites for hydroxylation is 1. The van der Waals surface area contributed by atoms with Gasteiger partial charge in [0.05, 0.1) is 39.8 Å². The van der Waals surface area contributed by atoms with Crippen LogP contribution in [0.15, 0.2) is 54.2 Å². The van der Waals surface area contributed by atoms with E-state index in [0.29, 0.717) is 63.2 Å². The number of benzene rings is 2. The highest BCUT2D eigenvalue weighted by atomic mass is 35.5. The van der Waals surface area contributed by atoms with Crippen LogP contribution in [0.4, 0.5) is 5.69 Å². The second-order valence-corrected chi connectivity index (χ2v) is 10.5. The lowest BCUT2D eigenvalue weighted by atomic mass is 10.2. The third kappa shape index (κ3) is 8.66. The molecule has 3 aromatic rings. The molecule has 3 rings (SSSR count). The van der Waals surface area contributed by atoms with E-state index >= 15 is 0 Å². The number of nitrogens with one attached hydrogen (secondary N) is 1. The molecule has 0 aliphatic rings. The number of carbonyl (C=O) groups excluding carboxylic acids is 2. The van der Waals surface area contributed by atoms with Crippen LogP contribution < -0.4 is 10.1 Å². The molecular formula is C26H27Cl3N4O4S. The largest absolute Gasteiger partial charge is 0.492 e. The van der Waals surface area contributed by atoms with E-state index in [1.165, 1.54) is 17.8 Å².